The second-order valence-corrected chi connectivity index (χ2v) is 19.0. The minimum atomic E-state index is 0.402. The molecule has 1 aliphatic rings. The second kappa shape index (κ2) is 26.4. The summed E-state index contributed by atoms with van der Waals surface area (Å²) in [7, 11) is 0. The van der Waals surface area contributed by atoms with Crippen LogP contribution in [0.2, 0.25) is 0 Å². The average molecular weight is 905 g/mol. The van der Waals surface area contributed by atoms with Crippen LogP contribution in [0.1, 0.15) is 45.0 Å². The van der Waals surface area contributed by atoms with Crippen molar-refractivity contribution in [1.29, 1.82) is 0 Å². The molecule has 324 valence electrons. The van der Waals surface area contributed by atoms with Gasteiger partial charge in [0.05, 0.1) is 22.8 Å². The zero-order valence-electron chi connectivity index (χ0n) is 35.2. The first kappa shape index (κ1) is 45.7. The number of nitrogens with zero attached hydrogens (tertiary/aromatic N) is 2. The lowest BCUT2D eigenvalue weighted by Gasteiger charge is -2.14. The summed E-state index contributed by atoms with van der Waals surface area (Å²) in [5, 5.41) is 7.23. The Bertz CT molecular complexity index is 1950. The lowest BCUT2D eigenvalue weighted by molar-refractivity contribution is 0.288. The number of hydrogen-bond acceptors (Lipinski definition) is 12. The molecule has 1 aliphatic heterocycles. The summed E-state index contributed by atoms with van der Waals surface area (Å²) in [6, 6.07) is 45.4. The first-order chi connectivity index (χ1) is 30.8. The van der Waals surface area contributed by atoms with Crippen LogP contribution in [-0.2, 0) is 49.4 Å². The van der Waals surface area contributed by atoms with Crippen molar-refractivity contribution in [3.8, 4) is 23.0 Å². The number of para-hydroxylation sites is 4. The molecule has 0 aliphatic carbocycles. The molecule has 62 heavy (non-hydrogen) atoms. The first-order valence-corrected chi connectivity index (χ1v) is 25.8. The summed E-state index contributed by atoms with van der Waals surface area (Å²) >= 11 is 7.66. The molecule has 0 unspecified atom stereocenters. The Balaban J connectivity index is 0.941. The van der Waals surface area contributed by atoms with Gasteiger partial charge in [-0.15, -0.1) is 0 Å². The summed E-state index contributed by atoms with van der Waals surface area (Å²) in [6.45, 7) is 5.43. The van der Waals surface area contributed by atoms with Crippen LogP contribution in [0.15, 0.2) is 133 Å². The summed E-state index contributed by atoms with van der Waals surface area (Å²) in [5.74, 6) is 11.3. The van der Waals surface area contributed by atoms with Crippen molar-refractivity contribution < 1.29 is 18.9 Å². The number of rotatable bonds is 0. The predicted molar refractivity (Wildman–Crippen MR) is 262 cm³/mol. The largest absolute Gasteiger partial charge is 0.487 e. The van der Waals surface area contributed by atoms with Crippen LogP contribution in [0, 0.1) is 0 Å². The molecule has 2 N–H and O–H groups in total. The highest BCUT2D eigenvalue weighted by molar-refractivity contribution is 7.99. The van der Waals surface area contributed by atoms with Crippen molar-refractivity contribution in [3.05, 3.63) is 178 Å². The van der Waals surface area contributed by atoms with E-state index in [0.29, 0.717) is 26.4 Å². The molecule has 4 bridgehead atoms. The third-order valence-electron chi connectivity index (χ3n) is 9.84. The van der Waals surface area contributed by atoms with Gasteiger partial charge < -0.3 is 29.6 Å². The first-order valence-electron chi connectivity index (χ1n) is 21.2. The zero-order valence-corrected chi connectivity index (χ0v) is 38.4. The van der Waals surface area contributed by atoms with Gasteiger partial charge >= 0.3 is 0 Å². The van der Waals surface area contributed by atoms with Crippen molar-refractivity contribution >= 4 is 47.0 Å². The third-order valence-corrected chi connectivity index (χ3v) is 13.9. The maximum atomic E-state index is 6.33. The summed E-state index contributed by atoms with van der Waals surface area (Å²) in [5.41, 5.74) is 8.31. The summed E-state index contributed by atoms with van der Waals surface area (Å²) < 4.78 is 25.3. The van der Waals surface area contributed by atoms with E-state index in [4.69, 9.17) is 28.9 Å². The minimum absolute atomic E-state index is 0.402. The molecule has 0 saturated carbocycles. The van der Waals surface area contributed by atoms with Crippen LogP contribution in [0.4, 0.5) is 0 Å². The van der Waals surface area contributed by atoms with Crippen molar-refractivity contribution in [3.63, 3.8) is 0 Å². The van der Waals surface area contributed by atoms with Gasteiger partial charge in [-0.1, -0.05) is 84.9 Å². The molecule has 3 heterocycles. The van der Waals surface area contributed by atoms with Gasteiger partial charge in [-0.05, 0) is 48.5 Å². The van der Waals surface area contributed by atoms with Crippen molar-refractivity contribution in [1.82, 2.24) is 20.6 Å². The molecule has 8 nitrogen and oxygen atoms in total. The molecule has 6 aromatic rings. The van der Waals surface area contributed by atoms with E-state index in [1.807, 2.05) is 108 Å². The molecule has 7 rings (SSSR count). The Kier molecular flexibility index (Phi) is 19.4. The number of fused-ring (bicyclic) bond motifs is 8. The van der Waals surface area contributed by atoms with Gasteiger partial charge in [-0.25, -0.2) is 0 Å². The third kappa shape index (κ3) is 15.5. The fourth-order valence-electron chi connectivity index (χ4n) is 6.60. The maximum absolute atomic E-state index is 6.33. The molecule has 4 aromatic carbocycles. The maximum Gasteiger partial charge on any atom is 0.130 e. The Hall–Kier alpha value is -4.30. The average Bonchev–Trinajstić information content (AvgIpc) is 3.31. The zero-order chi connectivity index (χ0) is 42.3. The van der Waals surface area contributed by atoms with Gasteiger partial charge in [-0.3, -0.25) is 9.97 Å². The fourth-order valence-corrected chi connectivity index (χ4v) is 10.2. The molecule has 0 amide bonds. The molecule has 2 aromatic heterocycles. The van der Waals surface area contributed by atoms with E-state index < -0.39 is 0 Å². The number of hydrogen-bond donors (Lipinski definition) is 2. The van der Waals surface area contributed by atoms with Crippen LogP contribution in [0.3, 0.4) is 0 Å². The van der Waals surface area contributed by atoms with E-state index in [1.165, 1.54) is 22.3 Å². The van der Waals surface area contributed by atoms with E-state index in [1.54, 1.807) is 0 Å². The van der Waals surface area contributed by atoms with Gasteiger partial charge in [0.1, 0.15) is 49.4 Å². The SMILES string of the molecule is c1cc2nc(c1)COc1ccccc1CSCCNCCSCc1ccccc1OCc1cccc(n1)COc1ccccc1CSCCNCCSCc1ccccc1OC2. The number of pyridine rings is 2. The quantitative estimate of drug-likeness (QED) is 0.152. The number of aromatic nitrogens is 2. The Morgan fingerprint density at radius 3 is 0.855 bits per heavy atom. The Morgan fingerprint density at radius 2 is 0.581 bits per heavy atom. The molecular weight excluding hydrogens is 849 g/mol. The molecule has 0 saturated heterocycles. The minimum Gasteiger partial charge on any atom is -0.487 e. The van der Waals surface area contributed by atoms with Crippen LogP contribution >= 0.6 is 47.0 Å². The van der Waals surface area contributed by atoms with Crippen molar-refractivity contribution in [2.75, 3.05) is 49.2 Å². The molecule has 12 heteroatoms. The monoisotopic (exact) mass is 904 g/mol. The van der Waals surface area contributed by atoms with E-state index >= 15 is 0 Å². The summed E-state index contributed by atoms with van der Waals surface area (Å²) in [4.78, 5) is 9.74. The van der Waals surface area contributed by atoms with E-state index in [-0.39, 0.29) is 0 Å². The number of nitrogens with one attached hydrogen (secondary N) is 2. The van der Waals surface area contributed by atoms with E-state index in [9.17, 15) is 0 Å². The highest BCUT2D eigenvalue weighted by Gasteiger charge is 2.10. The van der Waals surface area contributed by atoms with Gasteiger partial charge in [-0.2, -0.15) is 47.0 Å². The number of benzene rings is 4. The molecule has 0 fully saturated rings. The fraction of sp³-hybridized carbons (Fsp3) is 0.320. The Labute approximate surface area is 384 Å². The van der Waals surface area contributed by atoms with Gasteiger partial charge in [0, 0.05) is 94.5 Å². The van der Waals surface area contributed by atoms with Gasteiger partial charge in [0.15, 0.2) is 0 Å². The molecule has 0 atom stereocenters. The van der Waals surface area contributed by atoms with E-state index in [0.717, 1.165) is 118 Å². The standard InChI is InChI=1S/C50H56N4O4S4/c1-5-19-47-39(11-1)35-59-27-23-51-24-28-60-36-40-12-3-7-21-49(40)57-33-45-17-10-18-46(54-45)34-58-50-22-8-4-14-42(50)38-62-30-26-52-25-29-61-37-41-13-2-6-20-48(41)56-32-44-16-9-15-43(53-44)31-55-47/h1-22,51-52H,23-38H2. The normalized spacial score (nSPS) is 16.1. The summed E-state index contributed by atoms with van der Waals surface area (Å²) in [6.07, 6.45) is 0. The molecule has 0 spiro atoms. The Morgan fingerprint density at radius 1 is 0.323 bits per heavy atom. The lowest BCUT2D eigenvalue weighted by Crippen LogP contribution is -2.20. The highest BCUT2D eigenvalue weighted by Crippen LogP contribution is 2.28. The van der Waals surface area contributed by atoms with Gasteiger partial charge in [0.2, 0.25) is 0 Å². The lowest BCUT2D eigenvalue weighted by atomic mass is 10.2. The van der Waals surface area contributed by atoms with E-state index in [2.05, 4.69) is 83.4 Å². The number of ether oxygens (including phenoxy) is 4. The molecular formula is C50H56N4O4S4. The van der Waals surface area contributed by atoms with Crippen LogP contribution in [0.5, 0.6) is 23.0 Å². The van der Waals surface area contributed by atoms with Crippen LogP contribution in [-0.4, -0.2) is 59.2 Å². The molecule has 0 radical (unpaired) electrons. The van der Waals surface area contributed by atoms with Crippen LogP contribution in [0.25, 0.3) is 0 Å². The topological polar surface area (TPSA) is 86.8 Å². The van der Waals surface area contributed by atoms with Crippen molar-refractivity contribution in [2.24, 2.45) is 0 Å². The van der Waals surface area contributed by atoms with Crippen LogP contribution < -0.4 is 29.6 Å². The predicted octanol–water partition coefficient (Wildman–Crippen LogP) is 10.6. The van der Waals surface area contributed by atoms with Crippen molar-refractivity contribution in [2.45, 2.75) is 49.4 Å². The smallest absolute Gasteiger partial charge is 0.130 e. The number of thioether (sulfide) groups is 4. The second-order valence-electron chi connectivity index (χ2n) is 14.5. The van der Waals surface area contributed by atoms with Gasteiger partial charge in [0.25, 0.3) is 0 Å². The highest BCUT2D eigenvalue weighted by atomic mass is 32.2.